The zero-order valence-corrected chi connectivity index (χ0v) is 23.6. The zero-order chi connectivity index (χ0) is 28.5. The van der Waals surface area contributed by atoms with Gasteiger partial charge in [0.05, 0.1) is 10.8 Å². The summed E-state index contributed by atoms with van der Waals surface area (Å²) >= 11 is 0. The van der Waals surface area contributed by atoms with Gasteiger partial charge in [-0.25, -0.2) is 0 Å². The highest BCUT2D eigenvalue weighted by Gasteiger charge is 2.65. The van der Waals surface area contributed by atoms with Crippen LogP contribution in [0.4, 0.5) is 13.2 Å². The van der Waals surface area contributed by atoms with E-state index in [1.807, 2.05) is 48.5 Å². The lowest BCUT2D eigenvalue weighted by Gasteiger charge is -2.60. The zero-order valence-electron chi connectivity index (χ0n) is 22.8. The third-order valence-corrected chi connectivity index (χ3v) is 9.44. The monoisotopic (exact) mass is 554 g/mol. The van der Waals surface area contributed by atoms with Crippen molar-refractivity contribution in [1.82, 2.24) is 0 Å². The molecule has 4 unspecified atom stereocenters. The quantitative estimate of drug-likeness (QED) is 0.317. The first-order chi connectivity index (χ1) is 16.4. The van der Waals surface area contributed by atoms with Crippen molar-refractivity contribution in [3.8, 4) is 0 Å². The van der Waals surface area contributed by atoms with Crippen LogP contribution in [-0.2, 0) is 29.2 Å². The Balaban J connectivity index is 1.89. The summed E-state index contributed by atoms with van der Waals surface area (Å²) in [6.45, 7) is 14.0. The molecule has 4 fully saturated rings. The highest BCUT2D eigenvalue weighted by Crippen LogP contribution is 2.64. The van der Waals surface area contributed by atoms with Crippen molar-refractivity contribution >= 4 is 22.1 Å². The summed E-state index contributed by atoms with van der Waals surface area (Å²) in [7, 11) is -5.05. The molecule has 11 heteroatoms. The van der Waals surface area contributed by atoms with Crippen LogP contribution in [0, 0.1) is 33.5 Å². The van der Waals surface area contributed by atoms with Crippen LogP contribution in [0.3, 0.4) is 0 Å². The Morgan fingerprint density at radius 1 is 0.973 bits per heavy atom. The van der Waals surface area contributed by atoms with Gasteiger partial charge in [0.25, 0.3) is 10.1 Å². The van der Waals surface area contributed by atoms with Crippen LogP contribution < -0.4 is 0 Å². The third kappa shape index (κ3) is 6.45. The Kier molecular flexibility index (Phi) is 7.42. The molecule has 1 N–H and O–H groups in total. The molecule has 0 aromatic carbocycles. The minimum Gasteiger partial charge on any atom is -0.459 e. The Hall–Kier alpha value is -1.36. The van der Waals surface area contributed by atoms with Crippen LogP contribution in [0.15, 0.2) is 0 Å². The maximum atomic E-state index is 13.8. The molecular formula is C26H41F3O7S. The Bertz CT molecular complexity index is 1010. The number of esters is 2. The molecule has 0 spiro atoms. The van der Waals surface area contributed by atoms with Crippen LogP contribution in [0.2, 0.25) is 0 Å². The van der Waals surface area contributed by atoms with Gasteiger partial charge in [-0.3, -0.25) is 14.1 Å². The highest BCUT2D eigenvalue weighted by atomic mass is 32.2. The molecule has 0 heterocycles. The first-order valence-corrected chi connectivity index (χ1v) is 14.5. The van der Waals surface area contributed by atoms with Crippen LogP contribution in [0.25, 0.3) is 0 Å². The fourth-order valence-electron chi connectivity index (χ4n) is 7.19. The van der Waals surface area contributed by atoms with Gasteiger partial charge in [-0.2, -0.15) is 21.6 Å². The Morgan fingerprint density at radius 3 is 1.89 bits per heavy atom. The van der Waals surface area contributed by atoms with E-state index in [0.29, 0.717) is 32.1 Å². The third-order valence-electron chi connectivity index (χ3n) is 8.72. The molecular weight excluding hydrogens is 513 g/mol. The summed E-state index contributed by atoms with van der Waals surface area (Å²) in [6, 6.07) is 0. The van der Waals surface area contributed by atoms with Crippen molar-refractivity contribution in [2.45, 2.75) is 111 Å². The van der Waals surface area contributed by atoms with E-state index >= 15 is 0 Å². The lowest BCUT2D eigenvalue weighted by atomic mass is 9.47. The number of alkyl halides is 3. The number of halogens is 3. The van der Waals surface area contributed by atoms with E-state index in [1.54, 1.807) is 0 Å². The fourth-order valence-corrected chi connectivity index (χ4v) is 7.83. The normalized spacial score (nSPS) is 32.5. The number of hydrogen-bond acceptors (Lipinski definition) is 6. The van der Waals surface area contributed by atoms with Gasteiger partial charge in [-0.05, 0) is 68.1 Å². The molecule has 214 valence electrons. The van der Waals surface area contributed by atoms with Crippen molar-refractivity contribution in [2.75, 3.05) is 5.75 Å². The van der Waals surface area contributed by atoms with E-state index in [4.69, 9.17) is 14.0 Å². The lowest BCUT2D eigenvalue weighted by Crippen LogP contribution is -2.61. The van der Waals surface area contributed by atoms with Crippen LogP contribution in [0.5, 0.6) is 0 Å². The maximum Gasteiger partial charge on any atom is 0.426 e. The first kappa shape index (κ1) is 30.2. The van der Waals surface area contributed by atoms with Gasteiger partial charge in [0, 0.05) is 6.42 Å². The number of carbonyl (C=O) groups is 2. The van der Waals surface area contributed by atoms with Gasteiger partial charge in [0.2, 0.25) is 6.10 Å². The molecule has 4 bridgehead atoms. The lowest BCUT2D eigenvalue weighted by molar-refractivity contribution is -0.240. The summed E-state index contributed by atoms with van der Waals surface area (Å²) in [5.41, 5.74) is -3.74. The molecule has 7 nitrogen and oxygen atoms in total. The number of hydrogen-bond donors (Lipinski definition) is 1. The molecule has 0 aromatic heterocycles. The number of rotatable bonds is 7. The smallest absolute Gasteiger partial charge is 0.426 e. The van der Waals surface area contributed by atoms with Crippen LogP contribution >= 0.6 is 0 Å². The average molecular weight is 555 g/mol. The minimum atomic E-state index is -5.17. The Morgan fingerprint density at radius 2 is 1.49 bits per heavy atom. The van der Waals surface area contributed by atoms with Gasteiger partial charge in [0.15, 0.2) is 0 Å². The Labute approximate surface area is 218 Å². The van der Waals surface area contributed by atoms with Crippen molar-refractivity contribution in [3.63, 3.8) is 0 Å². The van der Waals surface area contributed by atoms with E-state index in [0.717, 1.165) is 6.42 Å². The topological polar surface area (TPSA) is 107 Å². The van der Waals surface area contributed by atoms with Gasteiger partial charge in [-0.15, -0.1) is 0 Å². The largest absolute Gasteiger partial charge is 0.459 e. The second-order valence-electron chi connectivity index (χ2n) is 14.3. The van der Waals surface area contributed by atoms with E-state index in [-0.39, 0.29) is 29.6 Å². The van der Waals surface area contributed by atoms with E-state index in [2.05, 4.69) is 0 Å². The summed E-state index contributed by atoms with van der Waals surface area (Å²) in [6.07, 6.45) is -5.07. The molecule has 4 rings (SSSR count). The van der Waals surface area contributed by atoms with Crippen molar-refractivity contribution in [2.24, 2.45) is 33.5 Å². The molecule has 0 aromatic rings. The number of carbonyl (C=O) groups excluding carboxylic acids is 2. The fraction of sp³-hybridized carbons (Fsp3) is 0.923. The first-order valence-electron chi connectivity index (χ1n) is 12.9. The summed E-state index contributed by atoms with van der Waals surface area (Å²) in [4.78, 5) is 27.1. The van der Waals surface area contributed by atoms with Crippen molar-refractivity contribution < 1.29 is 45.2 Å². The SMILES string of the molecule is CC(C)(C)CC(C)(C(=O)OC12CC3CC(C1)CC(C(=O)OC(CS(=O)(=O)O)C(F)(F)F)(C3)C2)C(C)(C)C. The van der Waals surface area contributed by atoms with Crippen LogP contribution in [0.1, 0.15) is 93.4 Å². The van der Waals surface area contributed by atoms with Crippen LogP contribution in [-0.4, -0.2) is 48.5 Å². The van der Waals surface area contributed by atoms with Gasteiger partial charge in [-0.1, -0.05) is 41.5 Å². The average Bonchev–Trinajstić information content (AvgIpc) is 2.61. The van der Waals surface area contributed by atoms with Crippen molar-refractivity contribution in [3.05, 3.63) is 0 Å². The molecule has 0 aliphatic heterocycles. The maximum absolute atomic E-state index is 13.8. The summed E-state index contributed by atoms with van der Waals surface area (Å²) in [5, 5.41) is 0. The van der Waals surface area contributed by atoms with Crippen molar-refractivity contribution in [1.29, 1.82) is 0 Å². The molecule has 0 saturated heterocycles. The number of ether oxygens (including phenoxy) is 2. The van der Waals surface area contributed by atoms with Gasteiger partial charge < -0.3 is 9.47 Å². The molecule has 0 amide bonds. The predicted octanol–water partition coefficient (Wildman–Crippen LogP) is 5.72. The van der Waals surface area contributed by atoms with Gasteiger partial charge >= 0.3 is 18.1 Å². The second kappa shape index (κ2) is 9.10. The molecule has 4 aliphatic rings. The van der Waals surface area contributed by atoms with Gasteiger partial charge in [0.1, 0.15) is 11.4 Å². The molecule has 37 heavy (non-hydrogen) atoms. The predicted molar refractivity (Wildman–Crippen MR) is 130 cm³/mol. The van der Waals surface area contributed by atoms with E-state index < -0.39 is 56.0 Å². The van der Waals surface area contributed by atoms with E-state index in [1.165, 1.54) is 0 Å². The molecule has 4 aliphatic carbocycles. The summed E-state index contributed by atoms with van der Waals surface area (Å²) in [5.74, 6) is -3.31. The highest BCUT2D eigenvalue weighted by molar-refractivity contribution is 7.85. The molecule has 4 saturated carbocycles. The minimum absolute atomic E-state index is 0.0176. The molecule has 0 radical (unpaired) electrons. The molecule has 4 atom stereocenters. The second-order valence-corrected chi connectivity index (χ2v) is 15.8. The standard InChI is InChI=1S/C26H41F3O7S/c1-21(2,3)14-23(7,22(4,5)6)19(30)36-25-11-16-8-17(12-25)10-24(9-16,15-25)20(31)35-18(26(27,28)29)13-37(32,33)34/h16-18H,8-15H2,1-7H3,(H,32,33,34). The van der Waals surface area contributed by atoms with E-state index in [9.17, 15) is 31.2 Å². The summed E-state index contributed by atoms with van der Waals surface area (Å²) < 4.78 is 82.9.